The van der Waals surface area contributed by atoms with Crippen molar-refractivity contribution in [3.63, 3.8) is 0 Å². The number of hydrogen-bond donors (Lipinski definition) is 1. The number of nitrogens with zero attached hydrogens (tertiary/aromatic N) is 3. The zero-order valence-electron chi connectivity index (χ0n) is 11.8. The van der Waals surface area contributed by atoms with E-state index in [1.54, 1.807) is 10.9 Å². The van der Waals surface area contributed by atoms with Gasteiger partial charge in [0.05, 0.1) is 16.1 Å². The van der Waals surface area contributed by atoms with Crippen LogP contribution in [0.3, 0.4) is 0 Å². The third-order valence-corrected chi connectivity index (χ3v) is 5.24. The topological polar surface area (TPSA) is 56.7 Å². The number of hydrogen-bond acceptors (Lipinski definition) is 4. The van der Waals surface area contributed by atoms with Gasteiger partial charge in [0.25, 0.3) is 0 Å². The zero-order valence-corrected chi connectivity index (χ0v) is 12.7. The number of thiophene rings is 1. The molecule has 0 aromatic carbocycles. The van der Waals surface area contributed by atoms with Gasteiger partial charge in [-0.1, -0.05) is 6.07 Å². The lowest BCUT2D eigenvalue weighted by Gasteiger charge is -2.01. The first-order valence-electron chi connectivity index (χ1n) is 7.10. The van der Waals surface area contributed by atoms with Crippen molar-refractivity contribution in [2.24, 2.45) is 7.05 Å². The third kappa shape index (κ3) is 1.96. The Labute approximate surface area is 127 Å². The summed E-state index contributed by atoms with van der Waals surface area (Å²) in [7, 11) is 1.88. The number of fused-ring (bicyclic) bond motifs is 1. The molecule has 1 aliphatic carbocycles. The molecular weight excluding hydrogens is 280 g/mol. The summed E-state index contributed by atoms with van der Waals surface area (Å²) in [5, 5.41) is 4.63. The minimum absolute atomic E-state index is 0.664. The second-order valence-corrected chi connectivity index (χ2v) is 6.50. The van der Waals surface area contributed by atoms with Crippen LogP contribution < -0.4 is 5.73 Å². The molecule has 21 heavy (non-hydrogen) atoms. The predicted octanol–water partition coefficient (Wildman–Crippen LogP) is 3.28. The molecule has 0 atom stereocenters. The standard InChI is InChI=1S/C16H16N4S/c1-20-16(17)14(11-6-2-3-8-18-11)15(19-20)13-9-10-5-4-7-12(10)21-13/h2-3,6,8-9H,4-5,7,17H2,1H3. The lowest BCUT2D eigenvalue weighted by molar-refractivity contribution is 0.783. The molecule has 3 aromatic rings. The SMILES string of the molecule is Cn1nc(-c2cc3c(s2)CCC3)c(-c2ccccn2)c1N. The molecule has 3 heterocycles. The summed E-state index contributed by atoms with van der Waals surface area (Å²) in [6.07, 6.45) is 5.45. The van der Waals surface area contributed by atoms with Crippen molar-refractivity contribution in [2.75, 3.05) is 5.73 Å². The highest BCUT2D eigenvalue weighted by Crippen LogP contribution is 2.41. The molecule has 5 heteroatoms. The van der Waals surface area contributed by atoms with E-state index >= 15 is 0 Å². The number of rotatable bonds is 2. The number of anilines is 1. The average molecular weight is 296 g/mol. The molecule has 2 N–H and O–H groups in total. The van der Waals surface area contributed by atoms with Crippen LogP contribution in [0.15, 0.2) is 30.5 Å². The summed E-state index contributed by atoms with van der Waals surface area (Å²) < 4.78 is 1.74. The van der Waals surface area contributed by atoms with Crippen LogP contribution in [0.1, 0.15) is 16.9 Å². The first-order chi connectivity index (χ1) is 10.2. The van der Waals surface area contributed by atoms with E-state index in [4.69, 9.17) is 5.73 Å². The van der Waals surface area contributed by atoms with E-state index in [0.29, 0.717) is 5.82 Å². The highest BCUT2D eigenvalue weighted by molar-refractivity contribution is 7.15. The number of pyridine rings is 1. The van der Waals surface area contributed by atoms with Crippen molar-refractivity contribution in [1.29, 1.82) is 0 Å². The molecule has 1 aliphatic rings. The second kappa shape index (κ2) is 4.70. The van der Waals surface area contributed by atoms with E-state index in [9.17, 15) is 0 Å². The maximum absolute atomic E-state index is 6.23. The summed E-state index contributed by atoms with van der Waals surface area (Å²) in [4.78, 5) is 7.15. The number of aromatic nitrogens is 3. The van der Waals surface area contributed by atoms with E-state index < -0.39 is 0 Å². The summed E-state index contributed by atoms with van der Waals surface area (Å²) in [6, 6.07) is 8.15. The molecule has 0 radical (unpaired) electrons. The maximum Gasteiger partial charge on any atom is 0.131 e. The van der Waals surface area contributed by atoms with Gasteiger partial charge in [0, 0.05) is 18.1 Å². The van der Waals surface area contributed by atoms with Crippen molar-refractivity contribution in [3.05, 3.63) is 40.9 Å². The molecule has 0 amide bonds. The van der Waals surface area contributed by atoms with E-state index in [-0.39, 0.29) is 0 Å². The Bertz CT molecular complexity index is 780. The molecule has 0 fully saturated rings. The zero-order chi connectivity index (χ0) is 14.4. The number of nitrogen functional groups attached to an aromatic ring is 1. The van der Waals surface area contributed by atoms with Crippen LogP contribution in [0.25, 0.3) is 21.8 Å². The molecule has 3 aromatic heterocycles. The van der Waals surface area contributed by atoms with Crippen LogP contribution in [0.4, 0.5) is 5.82 Å². The highest BCUT2D eigenvalue weighted by atomic mass is 32.1. The van der Waals surface area contributed by atoms with Crippen LogP contribution in [0.5, 0.6) is 0 Å². The van der Waals surface area contributed by atoms with Crippen LogP contribution in [0.2, 0.25) is 0 Å². The molecule has 106 valence electrons. The second-order valence-electron chi connectivity index (χ2n) is 5.36. The molecule has 0 unspecified atom stereocenters. The minimum Gasteiger partial charge on any atom is -0.383 e. The Morgan fingerprint density at radius 1 is 1.29 bits per heavy atom. The van der Waals surface area contributed by atoms with Gasteiger partial charge in [-0.15, -0.1) is 11.3 Å². The predicted molar refractivity (Wildman–Crippen MR) is 86.2 cm³/mol. The summed E-state index contributed by atoms with van der Waals surface area (Å²) in [5.74, 6) is 0.664. The Balaban J connectivity index is 1.91. The van der Waals surface area contributed by atoms with E-state index in [0.717, 1.165) is 17.0 Å². The van der Waals surface area contributed by atoms with Crippen LogP contribution >= 0.6 is 11.3 Å². The average Bonchev–Trinajstić information content (AvgIpc) is 3.14. The maximum atomic E-state index is 6.23. The van der Waals surface area contributed by atoms with Crippen molar-refractivity contribution in [3.8, 4) is 21.8 Å². The van der Waals surface area contributed by atoms with E-state index in [2.05, 4.69) is 16.1 Å². The van der Waals surface area contributed by atoms with Gasteiger partial charge in [0.15, 0.2) is 0 Å². The fraction of sp³-hybridized carbons (Fsp3) is 0.250. The quantitative estimate of drug-likeness (QED) is 0.789. The first kappa shape index (κ1) is 12.6. The minimum atomic E-state index is 0.664. The molecule has 0 aliphatic heterocycles. The van der Waals surface area contributed by atoms with Gasteiger partial charge in [-0.25, -0.2) is 0 Å². The van der Waals surface area contributed by atoms with E-state index in [1.807, 2.05) is 36.6 Å². The van der Waals surface area contributed by atoms with Gasteiger partial charge in [-0.05, 0) is 43.0 Å². The van der Waals surface area contributed by atoms with Gasteiger partial charge in [0.1, 0.15) is 11.5 Å². The van der Waals surface area contributed by atoms with Gasteiger partial charge < -0.3 is 5.73 Å². The monoisotopic (exact) mass is 296 g/mol. The van der Waals surface area contributed by atoms with Gasteiger partial charge >= 0.3 is 0 Å². The Morgan fingerprint density at radius 2 is 2.19 bits per heavy atom. The summed E-state index contributed by atoms with van der Waals surface area (Å²) >= 11 is 1.85. The molecule has 4 rings (SSSR count). The van der Waals surface area contributed by atoms with Crippen molar-refractivity contribution in [1.82, 2.24) is 14.8 Å². The van der Waals surface area contributed by atoms with Gasteiger partial charge in [0.2, 0.25) is 0 Å². The summed E-state index contributed by atoms with van der Waals surface area (Å²) in [5.41, 5.74) is 10.5. The molecule has 0 saturated carbocycles. The highest BCUT2D eigenvalue weighted by Gasteiger charge is 2.22. The van der Waals surface area contributed by atoms with Crippen molar-refractivity contribution >= 4 is 17.2 Å². The van der Waals surface area contributed by atoms with E-state index in [1.165, 1.54) is 34.6 Å². The molecular formula is C16H16N4S. The molecule has 4 nitrogen and oxygen atoms in total. The van der Waals surface area contributed by atoms with Crippen LogP contribution in [-0.2, 0) is 19.9 Å². The van der Waals surface area contributed by atoms with Crippen LogP contribution in [0, 0.1) is 0 Å². The number of nitrogens with two attached hydrogens (primary N) is 1. The Kier molecular flexibility index (Phi) is 2.82. The lowest BCUT2D eigenvalue weighted by Crippen LogP contribution is -1.98. The van der Waals surface area contributed by atoms with Crippen LogP contribution in [-0.4, -0.2) is 14.8 Å². The summed E-state index contributed by atoms with van der Waals surface area (Å²) in [6.45, 7) is 0. The van der Waals surface area contributed by atoms with Crippen molar-refractivity contribution < 1.29 is 0 Å². The smallest absolute Gasteiger partial charge is 0.131 e. The van der Waals surface area contributed by atoms with Crippen molar-refractivity contribution in [2.45, 2.75) is 19.3 Å². The largest absolute Gasteiger partial charge is 0.383 e. The molecule has 0 saturated heterocycles. The fourth-order valence-electron chi connectivity index (χ4n) is 2.92. The Morgan fingerprint density at radius 3 is 2.95 bits per heavy atom. The van der Waals surface area contributed by atoms with Gasteiger partial charge in [-0.2, -0.15) is 5.10 Å². The first-order valence-corrected chi connectivity index (χ1v) is 7.91. The Hall–Kier alpha value is -2.14. The molecule has 0 bridgehead atoms. The number of aryl methyl sites for hydroxylation is 3. The third-order valence-electron chi connectivity index (χ3n) is 3.99. The lowest BCUT2D eigenvalue weighted by atomic mass is 10.1. The molecule has 0 spiro atoms. The van der Waals surface area contributed by atoms with Gasteiger partial charge in [-0.3, -0.25) is 9.67 Å². The normalized spacial score (nSPS) is 13.6. The fourth-order valence-corrected chi connectivity index (χ4v) is 4.16.